The Bertz CT molecular complexity index is 1200. The number of rotatable bonds is 6. The molecule has 0 aliphatic rings. The number of carbonyl (C=O) groups is 1. The van der Waals surface area contributed by atoms with Gasteiger partial charge in [-0.15, -0.1) is 5.10 Å². The lowest BCUT2D eigenvalue weighted by atomic mass is 10.2. The lowest BCUT2D eigenvalue weighted by Gasteiger charge is -2.05. The highest BCUT2D eigenvalue weighted by Crippen LogP contribution is 2.21. The van der Waals surface area contributed by atoms with E-state index in [1.54, 1.807) is 16.8 Å². The summed E-state index contributed by atoms with van der Waals surface area (Å²) in [4.78, 5) is 27.5. The molecular weight excluding hydrogens is 396 g/mol. The fourth-order valence-corrected chi connectivity index (χ4v) is 2.90. The summed E-state index contributed by atoms with van der Waals surface area (Å²) in [5, 5.41) is 19.3. The first-order chi connectivity index (χ1) is 15.1. The highest BCUT2D eigenvalue weighted by molar-refractivity contribution is 5.92. The third-order valence-corrected chi connectivity index (χ3v) is 4.35. The molecule has 0 saturated carbocycles. The number of carbonyl (C=O) groups excluding carboxylic acids is 1. The van der Waals surface area contributed by atoms with Crippen molar-refractivity contribution in [3.63, 3.8) is 0 Å². The van der Waals surface area contributed by atoms with E-state index in [2.05, 4.69) is 20.6 Å². The van der Waals surface area contributed by atoms with Gasteiger partial charge in [0.2, 0.25) is 5.82 Å². The second-order valence-electron chi connectivity index (χ2n) is 6.39. The molecule has 3 aromatic carbocycles. The van der Waals surface area contributed by atoms with Gasteiger partial charge in [-0.05, 0) is 18.2 Å². The zero-order valence-electron chi connectivity index (χ0n) is 16.1. The Balaban J connectivity index is 1.62. The van der Waals surface area contributed by atoms with Crippen molar-refractivity contribution in [3.8, 4) is 17.1 Å². The lowest BCUT2D eigenvalue weighted by molar-refractivity contribution is -0.385. The van der Waals surface area contributed by atoms with Crippen LogP contribution in [0.5, 0.6) is 0 Å². The van der Waals surface area contributed by atoms with Crippen molar-refractivity contribution in [1.29, 1.82) is 0 Å². The molecule has 0 spiro atoms. The van der Waals surface area contributed by atoms with E-state index in [-0.39, 0.29) is 17.1 Å². The van der Waals surface area contributed by atoms with Crippen molar-refractivity contribution < 1.29 is 9.72 Å². The third kappa shape index (κ3) is 4.35. The van der Waals surface area contributed by atoms with Gasteiger partial charge in [-0.3, -0.25) is 14.9 Å². The van der Waals surface area contributed by atoms with Crippen LogP contribution in [0.4, 0.5) is 5.69 Å². The number of nitrogens with zero attached hydrogens (tertiary/aromatic N) is 5. The molecule has 0 aliphatic carbocycles. The SMILES string of the molecule is O=C(NN=Cc1ccccc1[N+](=O)[O-])c1nc(-c2ccccc2)n(-c2ccccc2)n1. The molecule has 0 radical (unpaired) electrons. The minimum Gasteiger partial charge on any atom is -0.264 e. The van der Waals surface area contributed by atoms with Crippen LogP contribution in [0.25, 0.3) is 17.1 Å². The van der Waals surface area contributed by atoms with Gasteiger partial charge in [0, 0.05) is 11.6 Å². The van der Waals surface area contributed by atoms with Gasteiger partial charge in [0.25, 0.3) is 5.69 Å². The normalized spacial score (nSPS) is 10.8. The van der Waals surface area contributed by atoms with Gasteiger partial charge >= 0.3 is 5.91 Å². The van der Waals surface area contributed by atoms with Crippen LogP contribution in [0.15, 0.2) is 90.0 Å². The second kappa shape index (κ2) is 8.78. The molecule has 9 nitrogen and oxygen atoms in total. The molecule has 0 aliphatic heterocycles. The summed E-state index contributed by atoms with van der Waals surface area (Å²) in [6, 6.07) is 24.8. The van der Waals surface area contributed by atoms with Crippen LogP contribution in [0.1, 0.15) is 16.2 Å². The van der Waals surface area contributed by atoms with Gasteiger partial charge in [0.15, 0.2) is 5.82 Å². The molecule has 31 heavy (non-hydrogen) atoms. The van der Waals surface area contributed by atoms with Crippen molar-refractivity contribution in [2.75, 3.05) is 0 Å². The zero-order chi connectivity index (χ0) is 21.6. The summed E-state index contributed by atoms with van der Waals surface area (Å²) in [7, 11) is 0. The van der Waals surface area contributed by atoms with Gasteiger partial charge in [-0.2, -0.15) is 5.10 Å². The molecule has 1 aromatic heterocycles. The van der Waals surface area contributed by atoms with Crippen LogP contribution in [0.3, 0.4) is 0 Å². The summed E-state index contributed by atoms with van der Waals surface area (Å²) in [5.74, 6) is -0.219. The van der Waals surface area contributed by atoms with Crippen molar-refractivity contribution in [2.24, 2.45) is 5.10 Å². The molecule has 1 amide bonds. The van der Waals surface area contributed by atoms with Crippen LogP contribution >= 0.6 is 0 Å². The molecule has 0 atom stereocenters. The van der Waals surface area contributed by atoms with Crippen molar-refractivity contribution >= 4 is 17.8 Å². The Kier molecular flexibility index (Phi) is 5.57. The van der Waals surface area contributed by atoms with Crippen LogP contribution in [0.2, 0.25) is 0 Å². The average molecular weight is 412 g/mol. The first kappa shape index (κ1) is 19.6. The molecule has 4 rings (SSSR count). The van der Waals surface area contributed by atoms with E-state index in [9.17, 15) is 14.9 Å². The molecule has 9 heteroatoms. The van der Waals surface area contributed by atoms with Crippen LogP contribution in [0, 0.1) is 10.1 Å². The van der Waals surface area contributed by atoms with Crippen molar-refractivity contribution in [3.05, 3.63) is 106 Å². The van der Waals surface area contributed by atoms with Gasteiger partial charge in [-0.25, -0.2) is 15.1 Å². The maximum Gasteiger partial charge on any atom is 0.311 e. The van der Waals surface area contributed by atoms with E-state index < -0.39 is 10.8 Å². The maximum absolute atomic E-state index is 12.6. The molecular formula is C22H16N6O3. The minimum atomic E-state index is -0.637. The summed E-state index contributed by atoms with van der Waals surface area (Å²) >= 11 is 0. The van der Waals surface area contributed by atoms with Gasteiger partial charge < -0.3 is 0 Å². The molecule has 1 heterocycles. The van der Waals surface area contributed by atoms with E-state index in [1.165, 1.54) is 18.3 Å². The Labute approximate surface area is 176 Å². The summed E-state index contributed by atoms with van der Waals surface area (Å²) < 4.78 is 1.58. The summed E-state index contributed by atoms with van der Waals surface area (Å²) in [5.41, 5.74) is 4.02. The number of hydrogen-bond acceptors (Lipinski definition) is 6. The van der Waals surface area contributed by atoms with Crippen LogP contribution in [-0.2, 0) is 0 Å². The van der Waals surface area contributed by atoms with Gasteiger partial charge in [0.05, 0.1) is 22.4 Å². The first-order valence-corrected chi connectivity index (χ1v) is 9.28. The van der Waals surface area contributed by atoms with Gasteiger partial charge in [0.1, 0.15) is 0 Å². The number of nitrogens with one attached hydrogen (secondary N) is 1. The Morgan fingerprint density at radius 1 is 0.968 bits per heavy atom. The number of nitro groups is 1. The predicted molar refractivity (Wildman–Crippen MR) is 115 cm³/mol. The standard InChI is InChI=1S/C22H16N6O3/c29-22(25-23-15-17-11-7-8-14-19(17)28(30)31)20-24-21(16-9-3-1-4-10-16)27(26-20)18-12-5-2-6-13-18/h1-15H,(H,25,29). The van der Waals surface area contributed by atoms with Crippen LogP contribution < -0.4 is 5.43 Å². The second-order valence-corrected chi connectivity index (χ2v) is 6.39. The Hall–Kier alpha value is -4.66. The monoisotopic (exact) mass is 412 g/mol. The van der Waals surface area contributed by atoms with E-state index in [1.807, 2.05) is 60.7 Å². The molecule has 0 saturated heterocycles. The minimum absolute atomic E-state index is 0.0811. The molecule has 152 valence electrons. The molecule has 4 aromatic rings. The zero-order valence-corrected chi connectivity index (χ0v) is 16.1. The number of benzene rings is 3. The summed E-state index contributed by atoms with van der Waals surface area (Å²) in [6.07, 6.45) is 1.21. The number of amides is 1. The van der Waals surface area contributed by atoms with E-state index in [0.29, 0.717) is 5.82 Å². The lowest BCUT2D eigenvalue weighted by Crippen LogP contribution is -2.19. The average Bonchev–Trinajstić information content (AvgIpc) is 3.26. The Morgan fingerprint density at radius 2 is 1.61 bits per heavy atom. The number of hydrogen-bond donors (Lipinski definition) is 1. The molecule has 0 unspecified atom stereocenters. The molecule has 0 bridgehead atoms. The maximum atomic E-state index is 12.6. The van der Waals surface area contributed by atoms with E-state index >= 15 is 0 Å². The number of nitro benzene ring substituents is 1. The van der Waals surface area contributed by atoms with Gasteiger partial charge in [-0.1, -0.05) is 60.7 Å². The van der Waals surface area contributed by atoms with Crippen LogP contribution in [-0.4, -0.2) is 31.8 Å². The molecule has 1 N–H and O–H groups in total. The fraction of sp³-hybridized carbons (Fsp3) is 0. The topological polar surface area (TPSA) is 115 Å². The van der Waals surface area contributed by atoms with E-state index in [4.69, 9.17) is 0 Å². The van der Waals surface area contributed by atoms with Crippen molar-refractivity contribution in [2.45, 2.75) is 0 Å². The third-order valence-electron chi connectivity index (χ3n) is 4.35. The number of hydrazone groups is 1. The number of aromatic nitrogens is 3. The first-order valence-electron chi connectivity index (χ1n) is 9.28. The highest BCUT2D eigenvalue weighted by Gasteiger charge is 2.18. The highest BCUT2D eigenvalue weighted by atomic mass is 16.6. The van der Waals surface area contributed by atoms with E-state index in [0.717, 1.165) is 11.3 Å². The fourth-order valence-electron chi connectivity index (χ4n) is 2.90. The smallest absolute Gasteiger partial charge is 0.264 e. The largest absolute Gasteiger partial charge is 0.311 e. The predicted octanol–water partition coefficient (Wildman–Crippen LogP) is 3.61. The van der Waals surface area contributed by atoms with Crippen molar-refractivity contribution in [1.82, 2.24) is 20.2 Å². The quantitative estimate of drug-likeness (QED) is 0.295. The Morgan fingerprint density at radius 3 is 2.32 bits per heavy atom. The summed E-state index contributed by atoms with van der Waals surface area (Å²) in [6.45, 7) is 0. The molecule has 0 fully saturated rings. The number of para-hydroxylation sites is 2.